The summed E-state index contributed by atoms with van der Waals surface area (Å²) in [7, 11) is 0. The maximum Gasteiger partial charge on any atom is 0.161 e. The number of rotatable bonds is 4. The zero-order valence-corrected chi connectivity index (χ0v) is 11.0. The highest BCUT2D eigenvalue weighted by atomic mass is 16.5. The van der Waals surface area contributed by atoms with Gasteiger partial charge in [-0.15, -0.1) is 0 Å². The highest BCUT2D eigenvalue weighted by molar-refractivity contribution is 5.94. The summed E-state index contributed by atoms with van der Waals surface area (Å²) < 4.78 is 5.70. The molecule has 3 nitrogen and oxygen atoms in total. The van der Waals surface area contributed by atoms with E-state index in [-0.39, 0.29) is 17.6 Å². The van der Waals surface area contributed by atoms with E-state index in [1.807, 2.05) is 37.3 Å². The van der Waals surface area contributed by atoms with E-state index in [2.05, 4.69) is 0 Å². The van der Waals surface area contributed by atoms with Crippen molar-refractivity contribution in [3.8, 4) is 11.5 Å². The number of ketones is 1. The van der Waals surface area contributed by atoms with E-state index in [4.69, 9.17) is 4.74 Å². The third-order valence-electron chi connectivity index (χ3n) is 2.94. The second-order valence-corrected chi connectivity index (χ2v) is 4.41. The van der Waals surface area contributed by atoms with E-state index in [9.17, 15) is 9.90 Å². The first-order valence-corrected chi connectivity index (χ1v) is 6.13. The highest BCUT2D eigenvalue weighted by Crippen LogP contribution is 2.31. The first-order valence-electron chi connectivity index (χ1n) is 6.13. The fraction of sp³-hybridized carbons (Fsp3) is 0.188. The average Bonchev–Trinajstić information content (AvgIpc) is 2.41. The minimum absolute atomic E-state index is 0.0181. The Morgan fingerprint density at radius 3 is 2.42 bits per heavy atom. The van der Waals surface area contributed by atoms with Crippen molar-refractivity contribution >= 4 is 5.78 Å². The van der Waals surface area contributed by atoms with Crippen LogP contribution in [-0.2, 0) is 0 Å². The molecule has 0 fully saturated rings. The molecule has 1 atom stereocenters. The molecule has 0 aliphatic rings. The van der Waals surface area contributed by atoms with Crippen LogP contribution in [0.25, 0.3) is 0 Å². The van der Waals surface area contributed by atoms with Crippen molar-refractivity contribution in [2.75, 3.05) is 0 Å². The van der Waals surface area contributed by atoms with E-state index in [0.717, 1.165) is 5.56 Å². The molecular formula is C16H16O3. The van der Waals surface area contributed by atoms with E-state index in [1.54, 1.807) is 12.1 Å². The zero-order chi connectivity index (χ0) is 13.8. The molecule has 0 saturated heterocycles. The fourth-order valence-corrected chi connectivity index (χ4v) is 1.82. The van der Waals surface area contributed by atoms with Crippen molar-refractivity contribution in [2.24, 2.45) is 0 Å². The summed E-state index contributed by atoms with van der Waals surface area (Å²) >= 11 is 0. The first-order chi connectivity index (χ1) is 9.08. The monoisotopic (exact) mass is 256 g/mol. The number of phenols is 1. The number of Topliss-reactive ketones (excluding diaryl/α,β-unsaturated/α-hetero) is 1. The molecule has 0 bridgehead atoms. The van der Waals surface area contributed by atoms with Crippen molar-refractivity contribution in [3.05, 3.63) is 59.7 Å². The third-order valence-corrected chi connectivity index (χ3v) is 2.94. The maximum atomic E-state index is 11.2. The SMILES string of the molecule is CC(=O)c1ccc(OC(C)c2ccccc2)c(O)c1. The van der Waals surface area contributed by atoms with Gasteiger partial charge in [0.15, 0.2) is 17.3 Å². The van der Waals surface area contributed by atoms with Crippen LogP contribution in [0.1, 0.15) is 35.9 Å². The topological polar surface area (TPSA) is 46.5 Å². The molecule has 2 rings (SSSR count). The lowest BCUT2D eigenvalue weighted by Gasteiger charge is -2.16. The standard InChI is InChI=1S/C16H16O3/c1-11(17)14-8-9-16(15(18)10-14)19-12(2)13-6-4-3-5-7-13/h3-10,12,18H,1-2H3. The Morgan fingerprint density at radius 2 is 1.84 bits per heavy atom. The van der Waals surface area contributed by atoms with Crippen LogP contribution in [-0.4, -0.2) is 10.9 Å². The lowest BCUT2D eigenvalue weighted by Crippen LogP contribution is -2.03. The van der Waals surface area contributed by atoms with Crippen LogP contribution in [0, 0.1) is 0 Å². The molecule has 1 unspecified atom stereocenters. The molecule has 0 amide bonds. The number of benzene rings is 2. The van der Waals surface area contributed by atoms with Gasteiger partial charge >= 0.3 is 0 Å². The quantitative estimate of drug-likeness (QED) is 0.848. The zero-order valence-electron chi connectivity index (χ0n) is 11.0. The third kappa shape index (κ3) is 3.13. The smallest absolute Gasteiger partial charge is 0.161 e. The van der Waals surface area contributed by atoms with Crippen LogP contribution < -0.4 is 4.74 Å². The van der Waals surface area contributed by atoms with Crippen LogP contribution in [0.3, 0.4) is 0 Å². The summed E-state index contributed by atoms with van der Waals surface area (Å²) in [6.45, 7) is 3.37. The molecule has 0 radical (unpaired) electrons. The van der Waals surface area contributed by atoms with Gasteiger partial charge in [-0.25, -0.2) is 0 Å². The van der Waals surface area contributed by atoms with Gasteiger partial charge in [0.05, 0.1) is 0 Å². The lowest BCUT2D eigenvalue weighted by molar-refractivity contribution is 0.101. The van der Waals surface area contributed by atoms with Crippen LogP contribution in [0.4, 0.5) is 0 Å². The normalized spacial score (nSPS) is 11.9. The van der Waals surface area contributed by atoms with Crippen molar-refractivity contribution in [2.45, 2.75) is 20.0 Å². The Balaban J connectivity index is 2.18. The molecule has 0 spiro atoms. The molecular weight excluding hydrogens is 240 g/mol. The van der Waals surface area contributed by atoms with Gasteiger partial charge < -0.3 is 9.84 Å². The van der Waals surface area contributed by atoms with E-state index in [0.29, 0.717) is 11.3 Å². The molecule has 0 saturated carbocycles. The highest BCUT2D eigenvalue weighted by Gasteiger charge is 2.11. The molecule has 19 heavy (non-hydrogen) atoms. The number of aromatic hydroxyl groups is 1. The molecule has 1 N–H and O–H groups in total. The van der Waals surface area contributed by atoms with E-state index < -0.39 is 0 Å². The van der Waals surface area contributed by atoms with E-state index >= 15 is 0 Å². The van der Waals surface area contributed by atoms with Gasteiger partial charge in [-0.05, 0) is 37.6 Å². The molecule has 2 aromatic rings. The first kappa shape index (κ1) is 13.1. The predicted molar refractivity (Wildman–Crippen MR) is 73.6 cm³/mol. The van der Waals surface area contributed by atoms with Gasteiger partial charge in [0.2, 0.25) is 0 Å². The van der Waals surface area contributed by atoms with Gasteiger partial charge in [-0.1, -0.05) is 30.3 Å². The molecule has 0 heterocycles. The summed E-state index contributed by atoms with van der Waals surface area (Å²) in [6.07, 6.45) is -0.171. The Bertz CT molecular complexity index is 576. The summed E-state index contributed by atoms with van der Waals surface area (Å²) in [4.78, 5) is 11.2. The van der Waals surface area contributed by atoms with Crippen LogP contribution in [0.2, 0.25) is 0 Å². The second-order valence-electron chi connectivity index (χ2n) is 4.41. The Hall–Kier alpha value is -2.29. The molecule has 0 aliphatic carbocycles. The maximum absolute atomic E-state index is 11.2. The van der Waals surface area contributed by atoms with Gasteiger partial charge in [-0.2, -0.15) is 0 Å². The molecule has 2 aromatic carbocycles. The van der Waals surface area contributed by atoms with Gasteiger partial charge in [0.1, 0.15) is 6.10 Å². The largest absolute Gasteiger partial charge is 0.504 e. The lowest BCUT2D eigenvalue weighted by atomic mass is 10.1. The van der Waals surface area contributed by atoms with Crippen LogP contribution in [0.5, 0.6) is 11.5 Å². The minimum atomic E-state index is -0.171. The van der Waals surface area contributed by atoms with Crippen LogP contribution >= 0.6 is 0 Å². The molecule has 0 aromatic heterocycles. The number of carbonyl (C=O) groups is 1. The Kier molecular flexibility index (Phi) is 3.85. The number of phenolic OH excluding ortho intramolecular Hbond substituents is 1. The fourth-order valence-electron chi connectivity index (χ4n) is 1.82. The van der Waals surface area contributed by atoms with Gasteiger partial charge in [0, 0.05) is 5.56 Å². The van der Waals surface area contributed by atoms with Gasteiger partial charge in [0.25, 0.3) is 0 Å². The van der Waals surface area contributed by atoms with Crippen molar-refractivity contribution in [1.29, 1.82) is 0 Å². The Labute approximate surface area is 112 Å². The Morgan fingerprint density at radius 1 is 1.16 bits per heavy atom. The minimum Gasteiger partial charge on any atom is -0.504 e. The summed E-state index contributed by atoms with van der Waals surface area (Å²) in [5, 5.41) is 9.86. The van der Waals surface area contributed by atoms with Gasteiger partial charge in [-0.3, -0.25) is 4.79 Å². The molecule has 98 valence electrons. The second kappa shape index (κ2) is 5.57. The number of hydrogen-bond acceptors (Lipinski definition) is 3. The number of carbonyl (C=O) groups excluding carboxylic acids is 1. The number of ether oxygens (including phenoxy) is 1. The number of hydrogen-bond donors (Lipinski definition) is 1. The predicted octanol–water partition coefficient (Wildman–Crippen LogP) is 3.73. The van der Waals surface area contributed by atoms with E-state index in [1.165, 1.54) is 13.0 Å². The molecule has 0 aliphatic heterocycles. The summed E-state index contributed by atoms with van der Waals surface area (Å²) in [6, 6.07) is 14.4. The van der Waals surface area contributed by atoms with Crippen molar-refractivity contribution in [3.63, 3.8) is 0 Å². The molecule has 3 heteroatoms. The van der Waals surface area contributed by atoms with Crippen LogP contribution in [0.15, 0.2) is 48.5 Å². The van der Waals surface area contributed by atoms with Crippen molar-refractivity contribution in [1.82, 2.24) is 0 Å². The average molecular weight is 256 g/mol. The van der Waals surface area contributed by atoms with Crippen molar-refractivity contribution < 1.29 is 14.6 Å². The summed E-state index contributed by atoms with van der Waals surface area (Å²) in [5.74, 6) is 0.273. The summed E-state index contributed by atoms with van der Waals surface area (Å²) in [5.41, 5.74) is 1.50.